The zero-order chi connectivity index (χ0) is 21.5. The number of unbranched alkanes of at least 4 members (excludes halogenated alkanes) is 19. The summed E-state index contributed by atoms with van der Waals surface area (Å²) in [5.41, 5.74) is 0. The van der Waals surface area contributed by atoms with Gasteiger partial charge in [-0.15, -0.1) is 0 Å². The normalized spacial score (nSPS) is 13.2. The van der Waals surface area contributed by atoms with Gasteiger partial charge >= 0.3 is 0 Å². The number of hydrogen-bond donors (Lipinski definition) is 0. The summed E-state index contributed by atoms with van der Waals surface area (Å²) >= 11 is 0. The maximum atomic E-state index is 2.48. The van der Waals surface area contributed by atoms with E-state index in [1.807, 2.05) is 0 Å². The van der Waals surface area contributed by atoms with E-state index in [9.17, 15) is 0 Å². The van der Waals surface area contributed by atoms with E-state index in [0.717, 1.165) is 0 Å². The molecule has 0 saturated carbocycles. The highest BCUT2D eigenvalue weighted by atomic mass is 35.5. The standard InChI is InChI=1S/C28H60N.ClH/c1-5-8-10-12-13-14-15-16-17-18-19-20-21-22-23-24-26-28-29(4,7-3)27-25-11-9-6-2;/h5-28H2,1-4H3;1H/q+1;/p-1. The molecule has 0 aliphatic rings. The van der Waals surface area contributed by atoms with Crippen LogP contribution in [0.4, 0.5) is 0 Å². The van der Waals surface area contributed by atoms with Crippen LogP contribution in [-0.4, -0.2) is 31.2 Å². The van der Waals surface area contributed by atoms with Gasteiger partial charge < -0.3 is 16.9 Å². The summed E-state index contributed by atoms with van der Waals surface area (Å²) in [7, 11) is 2.48. The first-order valence-corrected chi connectivity index (χ1v) is 14.0. The Bertz CT molecular complexity index is 307. The molecule has 0 rings (SSSR count). The first kappa shape index (κ1) is 32.4. The van der Waals surface area contributed by atoms with Crippen molar-refractivity contribution < 1.29 is 16.9 Å². The molecular formula is C28H60ClN. The van der Waals surface area contributed by atoms with Crippen LogP contribution >= 0.6 is 0 Å². The molecule has 1 unspecified atom stereocenters. The second kappa shape index (κ2) is 25.5. The Hall–Kier alpha value is 0.250. The fourth-order valence-corrected chi connectivity index (χ4v) is 4.57. The molecule has 0 amide bonds. The van der Waals surface area contributed by atoms with Crippen molar-refractivity contribution in [3.8, 4) is 0 Å². The molecule has 0 aliphatic heterocycles. The minimum absolute atomic E-state index is 0. The molecule has 0 N–H and O–H groups in total. The maximum absolute atomic E-state index is 2.48. The molecule has 0 fully saturated rings. The average Bonchev–Trinajstić information content (AvgIpc) is 2.73. The van der Waals surface area contributed by atoms with Crippen molar-refractivity contribution in [3.63, 3.8) is 0 Å². The molecule has 0 aliphatic carbocycles. The van der Waals surface area contributed by atoms with Crippen molar-refractivity contribution in [1.29, 1.82) is 0 Å². The Kier molecular flexibility index (Phi) is 27.6. The van der Waals surface area contributed by atoms with Crippen molar-refractivity contribution in [2.45, 2.75) is 156 Å². The smallest absolute Gasteiger partial charge is 0.0784 e. The van der Waals surface area contributed by atoms with Crippen molar-refractivity contribution >= 4 is 0 Å². The molecule has 0 radical (unpaired) electrons. The molecule has 0 aromatic heterocycles. The van der Waals surface area contributed by atoms with Gasteiger partial charge in [0.05, 0.1) is 26.7 Å². The van der Waals surface area contributed by atoms with Crippen molar-refractivity contribution in [3.05, 3.63) is 0 Å². The number of halogens is 1. The largest absolute Gasteiger partial charge is 1.00 e. The summed E-state index contributed by atoms with van der Waals surface area (Å²) in [5, 5.41) is 0. The van der Waals surface area contributed by atoms with E-state index in [4.69, 9.17) is 0 Å². The van der Waals surface area contributed by atoms with Crippen molar-refractivity contribution in [1.82, 2.24) is 0 Å². The van der Waals surface area contributed by atoms with Crippen LogP contribution in [-0.2, 0) is 0 Å². The number of rotatable bonds is 24. The summed E-state index contributed by atoms with van der Waals surface area (Å²) in [6, 6.07) is 0. The molecule has 0 heterocycles. The molecule has 184 valence electrons. The summed E-state index contributed by atoms with van der Waals surface area (Å²) < 4.78 is 1.31. The second-order valence-corrected chi connectivity index (χ2v) is 10.1. The molecule has 1 atom stereocenters. The summed E-state index contributed by atoms with van der Waals surface area (Å²) in [6.45, 7) is 11.1. The van der Waals surface area contributed by atoms with Crippen LogP contribution in [0.5, 0.6) is 0 Å². The van der Waals surface area contributed by atoms with Crippen LogP contribution in [0.15, 0.2) is 0 Å². The molecule has 1 nitrogen and oxygen atoms in total. The van der Waals surface area contributed by atoms with Gasteiger partial charge in [-0.2, -0.15) is 0 Å². The summed E-state index contributed by atoms with van der Waals surface area (Å²) in [6.07, 6.45) is 30.6. The molecule has 0 aromatic rings. The monoisotopic (exact) mass is 445 g/mol. The molecule has 0 saturated heterocycles. The van der Waals surface area contributed by atoms with E-state index in [1.54, 1.807) is 0 Å². The Balaban J connectivity index is 0. The van der Waals surface area contributed by atoms with Crippen LogP contribution < -0.4 is 12.4 Å². The third kappa shape index (κ3) is 22.9. The molecule has 0 spiro atoms. The lowest BCUT2D eigenvalue weighted by Gasteiger charge is -2.33. The fraction of sp³-hybridized carbons (Fsp3) is 1.00. The van der Waals surface area contributed by atoms with E-state index in [-0.39, 0.29) is 12.4 Å². The van der Waals surface area contributed by atoms with E-state index < -0.39 is 0 Å². The van der Waals surface area contributed by atoms with Gasteiger partial charge in [0, 0.05) is 0 Å². The van der Waals surface area contributed by atoms with Gasteiger partial charge in [0.1, 0.15) is 0 Å². The Labute approximate surface area is 199 Å². The summed E-state index contributed by atoms with van der Waals surface area (Å²) in [5.74, 6) is 0. The van der Waals surface area contributed by atoms with Crippen LogP contribution in [0.3, 0.4) is 0 Å². The lowest BCUT2D eigenvalue weighted by molar-refractivity contribution is -0.908. The maximum Gasteiger partial charge on any atom is 0.0784 e. The van der Waals surface area contributed by atoms with Gasteiger partial charge in [-0.1, -0.05) is 123 Å². The molecular weight excluding hydrogens is 386 g/mol. The van der Waals surface area contributed by atoms with E-state index in [1.165, 1.54) is 159 Å². The highest BCUT2D eigenvalue weighted by Crippen LogP contribution is 2.15. The zero-order valence-electron chi connectivity index (χ0n) is 21.8. The molecule has 2 heteroatoms. The molecule has 30 heavy (non-hydrogen) atoms. The van der Waals surface area contributed by atoms with Crippen LogP contribution in [0.2, 0.25) is 0 Å². The first-order chi connectivity index (χ1) is 14.2. The third-order valence-corrected chi connectivity index (χ3v) is 7.12. The summed E-state index contributed by atoms with van der Waals surface area (Å²) in [4.78, 5) is 0. The van der Waals surface area contributed by atoms with E-state index in [0.29, 0.717) is 0 Å². The van der Waals surface area contributed by atoms with Gasteiger partial charge in [-0.05, 0) is 32.6 Å². The molecule has 0 bridgehead atoms. The number of nitrogens with zero attached hydrogens (tertiary/aromatic N) is 1. The SMILES string of the molecule is CCCCCCCCCCCCCCCCCCC[N+](C)(CC)CCCCCC.[Cl-]. The molecule has 0 aromatic carbocycles. The first-order valence-electron chi connectivity index (χ1n) is 14.0. The average molecular weight is 446 g/mol. The van der Waals surface area contributed by atoms with Crippen molar-refractivity contribution in [2.24, 2.45) is 0 Å². The lowest BCUT2D eigenvalue weighted by Crippen LogP contribution is -3.00. The Morgan fingerprint density at radius 1 is 0.367 bits per heavy atom. The van der Waals surface area contributed by atoms with Gasteiger partial charge in [0.2, 0.25) is 0 Å². The van der Waals surface area contributed by atoms with E-state index in [2.05, 4.69) is 27.8 Å². The van der Waals surface area contributed by atoms with Crippen LogP contribution in [0, 0.1) is 0 Å². The van der Waals surface area contributed by atoms with Crippen LogP contribution in [0.1, 0.15) is 156 Å². The van der Waals surface area contributed by atoms with Gasteiger partial charge in [-0.25, -0.2) is 0 Å². The highest BCUT2D eigenvalue weighted by molar-refractivity contribution is 4.51. The minimum Gasteiger partial charge on any atom is -1.00 e. The second-order valence-electron chi connectivity index (χ2n) is 10.1. The van der Waals surface area contributed by atoms with Gasteiger partial charge in [-0.3, -0.25) is 0 Å². The number of hydrogen-bond acceptors (Lipinski definition) is 0. The van der Waals surface area contributed by atoms with Gasteiger partial charge in [0.15, 0.2) is 0 Å². The minimum atomic E-state index is 0. The Morgan fingerprint density at radius 2 is 0.600 bits per heavy atom. The Morgan fingerprint density at radius 3 is 0.867 bits per heavy atom. The quantitative estimate of drug-likeness (QED) is 0.115. The van der Waals surface area contributed by atoms with Crippen molar-refractivity contribution in [2.75, 3.05) is 26.7 Å². The van der Waals surface area contributed by atoms with E-state index >= 15 is 0 Å². The zero-order valence-corrected chi connectivity index (χ0v) is 22.6. The predicted molar refractivity (Wildman–Crippen MR) is 135 cm³/mol. The highest BCUT2D eigenvalue weighted by Gasteiger charge is 2.17. The lowest BCUT2D eigenvalue weighted by atomic mass is 10.0. The topological polar surface area (TPSA) is 0 Å². The fourth-order valence-electron chi connectivity index (χ4n) is 4.57. The predicted octanol–water partition coefficient (Wildman–Crippen LogP) is 6.69. The van der Waals surface area contributed by atoms with Gasteiger partial charge in [0.25, 0.3) is 0 Å². The van der Waals surface area contributed by atoms with Crippen LogP contribution in [0.25, 0.3) is 0 Å². The number of quaternary nitrogens is 1. The third-order valence-electron chi connectivity index (χ3n) is 7.12.